The first-order chi connectivity index (χ1) is 7.35. The number of hydrogen-bond donors (Lipinski definition) is 1. The Balaban J connectivity index is 2.08. The molecule has 1 aliphatic rings. The minimum absolute atomic E-state index is 0.667. The maximum Gasteiger partial charge on any atom is 0.137 e. The predicted molar refractivity (Wildman–Crippen MR) is 60.2 cm³/mol. The van der Waals surface area contributed by atoms with Crippen LogP contribution in [0.15, 0.2) is 18.5 Å². The first kappa shape index (κ1) is 10.4. The van der Waals surface area contributed by atoms with E-state index in [2.05, 4.69) is 16.4 Å². The van der Waals surface area contributed by atoms with Crippen molar-refractivity contribution in [1.29, 1.82) is 0 Å². The van der Waals surface area contributed by atoms with Crippen LogP contribution in [0.2, 0.25) is 0 Å². The fraction of sp³-hybridized carbons (Fsp3) is 0.583. The molecule has 2 unspecified atom stereocenters. The first-order valence-corrected chi connectivity index (χ1v) is 5.48. The number of nitrogens with one attached hydrogen (secondary N) is 1. The molecule has 0 amide bonds. The average Bonchev–Trinajstić information content (AvgIpc) is 2.25. The Kier molecular flexibility index (Phi) is 3.21. The minimum atomic E-state index is 0.667. The van der Waals surface area contributed by atoms with Gasteiger partial charge in [-0.05, 0) is 49.9 Å². The monoisotopic (exact) mass is 206 g/mol. The molecule has 1 aliphatic carbocycles. The van der Waals surface area contributed by atoms with Gasteiger partial charge in [0.15, 0.2) is 0 Å². The molecular formula is C12H18N2O. The Morgan fingerprint density at radius 3 is 2.93 bits per heavy atom. The van der Waals surface area contributed by atoms with Crippen molar-refractivity contribution in [2.45, 2.75) is 18.8 Å². The van der Waals surface area contributed by atoms with Gasteiger partial charge in [0.2, 0.25) is 0 Å². The Labute approximate surface area is 90.9 Å². The smallest absolute Gasteiger partial charge is 0.137 e. The van der Waals surface area contributed by atoms with Crippen LogP contribution >= 0.6 is 0 Å². The molecule has 0 saturated heterocycles. The number of hydrogen-bond acceptors (Lipinski definition) is 3. The van der Waals surface area contributed by atoms with Gasteiger partial charge in [-0.25, -0.2) is 0 Å². The fourth-order valence-corrected chi connectivity index (χ4v) is 2.26. The number of pyridine rings is 1. The maximum atomic E-state index is 5.19. The SMILES string of the molecule is CNCC1CCC1c1cncc(OC)c1. The molecule has 0 radical (unpaired) electrons. The van der Waals surface area contributed by atoms with E-state index in [0.29, 0.717) is 5.92 Å². The number of nitrogens with zero attached hydrogens (tertiary/aromatic N) is 1. The van der Waals surface area contributed by atoms with Crippen LogP contribution in [0.1, 0.15) is 24.3 Å². The molecule has 1 saturated carbocycles. The molecule has 1 aromatic heterocycles. The van der Waals surface area contributed by atoms with Gasteiger partial charge in [0.05, 0.1) is 13.3 Å². The normalized spacial score (nSPS) is 24.7. The summed E-state index contributed by atoms with van der Waals surface area (Å²) in [6, 6.07) is 2.11. The van der Waals surface area contributed by atoms with Crippen molar-refractivity contribution >= 4 is 0 Å². The van der Waals surface area contributed by atoms with Crippen LogP contribution in [0.4, 0.5) is 0 Å². The zero-order valence-electron chi connectivity index (χ0n) is 9.36. The summed E-state index contributed by atoms with van der Waals surface area (Å²) >= 11 is 0. The van der Waals surface area contributed by atoms with Crippen molar-refractivity contribution in [3.63, 3.8) is 0 Å². The van der Waals surface area contributed by atoms with Gasteiger partial charge in [-0.2, -0.15) is 0 Å². The van der Waals surface area contributed by atoms with Crippen molar-refractivity contribution in [3.05, 3.63) is 24.0 Å². The number of methoxy groups -OCH3 is 1. The summed E-state index contributed by atoms with van der Waals surface area (Å²) in [4.78, 5) is 4.21. The summed E-state index contributed by atoms with van der Waals surface area (Å²) in [5, 5.41) is 3.25. The van der Waals surface area contributed by atoms with E-state index in [0.717, 1.165) is 18.2 Å². The Hall–Kier alpha value is -1.09. The van der Waals surface area contributed by atoms with E-state index in [1.165, 1.54) is 18.4 Å². The standard InChI is InChI=1S/C12H18N2O/c1-13-6-9-3-4-12(9)10-5-11(15-2)8-14-7-10/h5,7-9,12-13H,3-4,6H2,1-2H3. The lowest BCUT2D eigenvalue weighted by atomic mass is 9.70. The largest absolute Gasteiger partial charge is 0.495 e. The number of ether oxygens (including phenoxy) is 1. The van der Waals surface area contributed by atoms with Crippen LogP contribution in [0.5, 0.6) is 5.75 Å². The molecule has 2 rings (SSSR count). The lowest BCUT2D eigenvalue weighted by Crippen LogP contribution is -2.32. The molecule has 2 atom stereocenters. The zero-order valence-corrected chi connectivity index (χ0v) is 9.36. The molecule has 0 bridgehead atoms. The summed E-state index contributed by atoms with van der Waals surface area (Å²) < 4.78 is 5.19. The van der Waals surface area contributed by atoms with Crippen molar-refractivity contribution in [2.24, 2.45) is 5.92 Å². The zero-order chi connectivity index (χ0) is 10.7. The molecule has 0 aliphatic heterocycles. The molecule has 3 heteroatoms. The summed E-state index contributed by atoms with van der Waals surface area (Å²) in [5.41, 5.74) is 1.32. The van der Waals surface area contributed by atoms with E-state index >= 15 is 0 Å². The summed E-state index contributed by atoms with van der Waals surface area (Å²) in [5.74, 6) is 2.30. The summed E-state index contributed by atoms with van der Waals surface area (Å²) in [6.45, 7) is 1.10. The van der Waals surface area contributed by atoms with Gasteiger partial charge in [-0.3, -0.25) is 4.98 Å². The van der Waals surface area contributed by atoms with Gasteiger partial charge in [0.1, 0.15) is 5.75 Å². The highest BCUT2D eigenvalue weighted by Gasteiger charge is 2.31. The highest BCUT2D eigenvalue weighted by Crippen LogP contribution is 2.42. The van der Waals surface area contributed by atoms with Crippen LogP contribution < -0.4 is 10.1 Å². The van der Waals surface area contributed by atoms with Crippen LogP contribution in [-0.2, 0) is 0 Å². The highest BCUT2D eigenvalue weighted by molar-refractivity contribution is 5.28. The third-order valence-electron chi connectivity index (χ3n) is 3.28. The van der Waals surface area contributed by atoms with Gasteiger partial charge < -0.3 is 10.1 Å². The summed E-state index contributed by atoms with van der Waals surface area (Å²) in [7, 11) is 3.70. The third kappa shape index (κ3) is 2.12. The van der Waals surface area contributed by atoms with Crippen LogP contribution in [0.25, 0.3) is 0 Å². The van der Waals surface area contributed by atoms with Crippen LogP contribution in [0, 0.1) is 5.92 Å². The molecule has 82 valence electrons. The van der Waals surface area contributed by atoms with Crippen LogP contribution in [0.3, 0.4) is 0 Å². The van der Waals surface area contributed by atoms with E-state index in [9.17, 15) is 0 Å². The summed E-state index contributed by atoms with van der Waals surface area (Å²) in [6.07, 6.45) is 6.33. The fourth-order valence-electron chi connectivity index (χ4n) is 2.26. The molecular weight excluding hydrogens is 188 g/mol. The van der Waals surface area contributed by atoms with E-state index in [1.54, 1.807) is 13.3 Å². The lowest BCUT2D eigenvalue weighted by molar-refractivity contribution is 0.249. The van der Waals surface area contributed by atoms with E-state index < -0.39 is 0 Å². The van der Waals surface area contributed by atoms with Crippen molar-refractivity contribution < 1.29 is 4.74 Å². The van der Waals surface area contributed by atoms with Gasteiger partial charge in [-0.15, -0.1) is 0 Å². The second-order valence-corrected chi connectivity index (χ2v) is 4.16. The number of aromatic nitrogens is 1. The molecule has 3 nitrogen and oxygen atoms in total. The molecule has 15 heavy (non-hydrogen) atoms. The topological polar surface area (TPSA) is 34.2 Å². The van der Waals surface area contributed by atoms with Gasteiger partial charge >= 0.3 is 0 Å². The second-order valence-electron chi connectivity index (χ2n) is 4.16. The average molecular weight is 206 g/mol. The molecule has 1 fully saturated rings. The third-order valence-corrected chi connectivity index (χ3v) is 3.28. The quantitative estimate of drug-likeness (QED) is 0.815. The van der Waals surface area contributed by atoms with Gasteiger partial charge in [-0.1, -0.05) is 0 Å². The molecule has 1 heterocycles. The van der Waals surface area contributed by atoms with Crippen molar-refractivity contribution in [2.75, 3.05) is 20.7 Å². The van der Waals surface area contributed by atoms with E-state index in [4.69, 9.17) is 4.74 Å². The van der Waals surface area contributed by atoms with Crippen LogP contribution in [-0.4, -0.2) is 25.7 Å². The maximum absolute atomic E-state index is 5.19. The van der Waals surface area contributed by atoms with E-state index in [1.807, 2.05) is 13.2 Å². The first-order valence-electron chi connectivity index (χ1n) is 5.48. The second kappa shape index (κ2) is 4.62. The van der Waals surface area contributed by atoms with Crippen molar-refractivity contribution in [1.82, 2.24) is 10.3 Å². The lowest BCUT2D eigenvalue weighted by Gasteiger charge is -2.36. The van der Waals surface area contributed by atoms with Gasteiger partial charge in [0.25, 0.3) is 0 Å². The highest BCUT2D eigenvalue weighted by atomic mass is 16.5. The molecule has 1 aromatic rings. The molecule has 1 N–H and O–H groups in total. The Morgan fingerprint density at radius 1 is 1.47 bits per heavy atom. The van der Waals surface area contributed by atoms with Gasteiger partial charge in [0, 0.05) is 6.20 Å². The Bertz CT molecular complexity index is 327. The number of rotatable bonds is 4. The minimum Gasteiger partial charge on any atom is -0.495 e. The van der Waals surface area contributed by atoms with E-state index in [-0.39, 0.29) is 0 Å². The Morgan fingerprint density at radius 2 is 2.33 bits per heavy atom. The molecule has 0 aromatic carbocycles. The predicted octanol–water partition coefficient (Wildman–Crippen LogP) is 1.80. The van der Waals surface area contributed by atoms with Crippen molar-refractivity contribution in [3.8, 4) is 5.75 Å². The molecule has 0 spiro atoms.